The van der Waals surface area contributed by atoms with Crippen molar-refractivity contribution in [1.82, 2.24) is 35.5 Å². The lowest BCUT2D eigenvalue weighted by Crippen LogP contribution is -2.38. The summed E-state index contributed by atoms with van der Waals surface area (Å²) in [7, 11) is 0. The Morgan fingerprint density at radius 1 is 0.833 bits per heavy atom. The predicted octanol–water partition coefficient (Wildman–Crippen LogP) is 7.28. The number of hydrogen-bond acceptors (Lipinski definition) is 10. The van der Waals surface area contributed by atoms with Crippen LogP contribution in [0.4, 0.5) is 0 Å². The van der Waals surface area contributed by atoms with Gasteiger partial charge in [0.2, 0.25) is 5.16 Å². The van der Waals surface area contributed by atoms with Gasteiger partial charge in [0.25, 0.3) is 5.91 Å². The van der Waals surface area contributed by atoms with Crippen LogP contribution in [-0.4, -0.2) is 53.0 Å². The van der Waals surface area contributed by atoms with Gasteiger partial charge in [0, 0.05) is 23.8 Å². The molecule has 5 aromatic carbocycles. The maximum absolute atomic E-state index is 13.1. The molecule has 12 heteroatoms. The number of aliphatic hydroxyl groups excluding tert-OH is 1. The number of aliphatic hydroxyl groups is 1. The number of para-hydroxylation sites is 3. The number of nitrogens with one attached hydrogen (secondary N) is 1. The van der Waals surface area contributed by atoms with Gasteiger partial charge >= 0.3 is 0 Å². The summed E-state index contributed by atoms with van der Waals surface area (Å²) >= 11 is 1.54. The average molecular weight is 736 g/mol. The number of carbonyl (C=O) groups is 1. The molecule has 1 fully saturated rings. The molecule has 0 saturated carbocycles. The molecule has 0 radical (unpaired) electrons. The molecule has 270 valence electrons. The quantitative estimate of drug-likeness (QED) is 0.131. The van der Waals surface area contributed by atoms with E-state index in [4.69, 9.17) is 9.47 Å². The van der Waals surface area contributed by atoms with E-state index in [0.717, 1.165) is 44.6 Å². The van der Waals surface area contributed by atoms with E-state index < -0.39 is 6.29 Å². The van der Waals surface area contributed by atoms with Crippen molar-refractivity contribution < 1.29 is 19.4 Å². The Morgan fingerprint density at radius 2 is 1.56 bits per heavy atom. The van der Waals surface area contributed by atoms with Gasteiger partial charge < -0.3 is 19.9 Å². The largest absolute Gasteiger partial charge is 0.392 e. The number of fused-ring (bicyclic) bond motifs is 1. The fourth-order valence-corrected chi connectivity index (χ4v) is 7.63. The Bertz CT molecular complexity index is 2360. The maximum Gasteiger partial charge on any atom is 0.271 e. The highest BCUT2D eigenvalue weighted by molar-refractivity contribution is 7.99. The van der Waals surface area contributed by atoms with Crippen molar-refractivity contribution in [3.63, 3.8) is 0 Å². The summed E-state index contributed by atoms with van der Waals surface area (Å²) in [5, 5.41) is 25.8. The minimum absolute atomic E-state index is 0.00303. The van der Waals surface area contributed by atoms with E-state index >= 15 is 0 Å². The second kappa shape index (κ2) is 16.1. The van der Waals surface area contributed by atoms with Gasteiger partial charge in [0.15, 0.2) is 6.29 Å². The number of thioether (sulfide) groups is 1. The molecule has 11 nitrogen and oxygen atoms in total. The van der Waals surface area contributed by atoms with Crippen LogP contribution < -0.4 is 5.32 Å². The summed E-state index contributed by atoms with van der Waals surface area (Å²) in [6.45, 7) is 2.43. The number of benzene rings is 5. The number of carbonyl (C=O) groups excluding carboxylic acids is 1. The number of nitrogens with zero attached hydrogens (tertiary/aromatic N) is 6. The number of tetrazole rings is 1. The first-order valence-electron chi connectivity index (χ1n) is 17.7. The second-order valence-corrected chi connectivity index (χ2v) is 14.0. The zero-order valence-corrected chi connectivity index (χ0v) is 30.2. The van der Waals surface area contributed by atoms with Crippen LogP contribution in [0.1, 0.15) is 52.1 Å². The number of ether oxygens (including phenoxy) is 2. The SMILES string of the molecule is C[C@@H]1[C@H](CSc2nnnn2-c2ccccc2)O[C@H](c2ccc(-c3ccccc3CNC(=O)c3cnc4ccccc4n3)cc2)O[C@@H]1c1ccc(CO)cc1. The summed E-state index contributed by atoms with van der Waals surface area (Å²) in [5.74, 6) is 0.308. The molecule has 1 aliphatic heterocycles. The van der Waals surface area contributed by atoms with E-state index in [9.17, 15) is 9.90 Å². The van der Waals surface area contributed by atoms with Crippen molar-refractivity contribution >= 4 is 28.7 Å². The lowest BCUT2D eigenvalue weighted by atomic mass is 9.91. The molecule has 3 heterocycles. The summed E-state index contributed by atoms with van der Waals surface area (Å²) in [6.07, 6.45) is 0.410. The Labute approximate surface area is 316 Å². The fourth-order valence-electron chi connectivity index (χ4n) is 6.58. The van der Waals surface area contributed by atoms with E-state index in [0.29, 0.717) is 23.0 Å². The molecule has 2 aromatic heterocycles. The number of amides is 1. The van der Waals surface area contributed by atoms with Gasteiger partial charge in [-0.1, -0.05) is 122 Å². The van der Waals surface area contributed by atoms with Crippen LogP contribution in [-0.2, 0) is 22.6 Å². The summed E-state index contributed by atoms with van der Waals surface area (Å²) in [5.41, 5.74) is 8.26. The van der Waals surface area contributed by atoms with Crippen molar-refractivity contribution in [1.29, 1.82) is 0 Å². The molecule has 1 saturated heterocycles. The van der Waals surface area contributed by atoms with Gasteiger partial charge in [-0.05, 0) is 62.5 Å². The molecular weight excluding hydrogens is 699 g/mol. The first-order chi connectivity index (χ1) is 26.5. The van der Waals surface area contributed by atoms with Crippen molar-refractivity contribution in [2.75, 3.05) is 5.75 Å². The average Bonchev–Trinajstić information content (AvgIpc) is 3.71. The third-order valence-electron chi connectivity index (χ3n) is 9.57. The van der Waals surface area contributed by atoms with Gasteiger partial charge in [0.05, 0.1) is 41.7 Å². The molecule has 7 aromatic rings. The standard InChI is InChI=1S/C42H37N7O4S/c1-27-38(26-54-42-46-47-48-49(42)33-10-3-2-4-11-33)52-41(53-39(27)30-17-15-28(25-50)16-18-30)31-21-19-29(20-22-31)34-12-6-5-9-32(34)23-44-40(51)37-24-43-35-13-7-8-14-36(35)45-37/h2-22,24,27,38-39,41,50H,23,25-26H2,1H3,(H,44,51)/t27-,38+,39+,41+/m1/s1. The van der Waals surface area contributed by atoms with Crippen LogP contribution in [0.2, 0.25) is 0 Å². The van der Waals surface area contributed by atoms with Crippen LogP contribution in [0.25, 0.3) is 27.8 Å². The van der Waals surface area contributed by atoms with Gasteiger partial charge in [0.1, 0.15) is 5.69 Å². The van der Waals surface area contributed by atoms with Crippen molar-refractivity contribution in [3.8, 4) is 16.8 Å². The van der Waals surface area contributed by atoms with Crippen molar-refractivity contribution in [2.45, 2.75) is 43.7 Å². The first-order valence-corrected chi connectivity index (χ1v) is 18.7. The maximum atomic E-state index is 13.1. The summed E-state index contributed by atoms with van der Waals surface area (Å²) in [6, 6.07) is 41.3. The minimum atomic E-state index is -0.633. The zero-order chi connectivity index (χ0) is 36.9. The van der Waals surface area contributed by atoms with Crippen LogP contribution >= 0.6 is 11.8 Å². The van der Waals surface area contributed by atoms with Crippen LogP contribution in [0.15, 0.2) is 139 Å². The second-order valence-electron chi connectivity index (χ2n) is 13.0. The fraction of sp³-hybridized carbons (Fsp3) is 0.190. The summed E-state index contributed by atoms with van der Waals surface area (Å²) in [4.78, 5) is 21.9. The Balaban J connectivity index is 1.00. The van der Waals surface area contributed by atoms with Crippen LogP contribution in [0, 0.1) is 5.92 Å². The van der Waals surface area contributed by atoms with Gasteiger partial charge in [-0.15, -0.1) is 5.10 Å². The van der Waals surface area contributed by atoms with Crippen LogP contribution in [0.5, 0.6) is 0 Å². The highest BCUT2D eigenvalue weighted by Crippen LogP contribution is 2.43. The Kier molecular flexibility index (Phi) is 10.5. The molecule has 0 bridgehead atoms. The van der Waals surface area contributed by atoms with Crippen LogP contribution in [0.3, 0.4) is 0 Å². The number of hydrogen-bond donors (Lipinski definition) is 2. The molecular formula is C42H37N7O4S. The molecule has 2 N–H and O–H groups in total. The van der Waals surface area contributed by atoms with E-state index in [1.165, 1.54) is 6.20 Å². The lowest BCUT2D eigenvalue weighted by molar-refractivity contribution is -0.268. The topological polar surface area (TPSA) is 137 Å². The first kappa shape index (κ1) is 35.3. The molecule has 1 aliphatic rings. The third-order valence-corrected chi connectivity index (χ3v) is 10.6. The van der Waals surface area contributed by atoms with Crippen molar-refractivity contribution in [2.24, 2.45) is 5.92 Å². The van der Waals surface area contributed by atoms with E-state index in [1.54, 1.807) is 16.4 Å². The smallest absolute Gasteiger partial charge is 0.271 e. The molecule has 0 spiro atoms. The van der Waals surface area contributed by atoms with E-state index in [1.807, 2.05) is 115 Å². The number of rotatable bonds is 11. The molecule has 0 aliphatic carbocycles. The zero-order valence-electron chi connectivity index (χ0n) is 29.4. The molecule has 4 atom stereocenters. The van der Waals surface area contributed by atoms with E-state index in [-0.39, 0.29) is 36.3 Å². The number of aromatic nitrogens is 6. The Hall–Kier alpha value is -5.79. The predicted molar refractivity (Wildman–Crippen MR) is 205 cm³/mol. The normalized spacial score (nSPS) is 18.4. The van der Waals surface area contributed by atoms with Crippen molar-refractivity contribution in [3.05, 3.63) is 162 Å². The summed E-state index contributed by atoms with van der Waals surface area (Å²) < 4.78 is 15.2. The molecule has 8 rings (SSSR count). The van der Waals surface area contributed by atoms with Gasteiger partial charge in [-0.25, -0.2) is 4.98 Å². The highest BCUT2D eigenvalue weighted by Gasteiger charge is 2.38. The highest BCUT2D eigenvalue weighted by atomic mass is 32.2. The minimum Gasteiger partial charge on any atom is -0.392 e. The lowest BCUT2D eigenvalue weighted by Gasteiger charge is -2.41. The van der Waals surface area contributed by atoms with E-state index in [2.05, 4.69) is 49.9 Å². The molecule has 0 unspecified atom stereocenters. The molecule has 1 amide bonds. The van der Waals surface area contributed by atoms with Gasteiger partial charge in [-0.2, -0.15) is 4.68 Å². The third kappa shape index (κ3) is 7.64. The monoisotopic (exact) mass is 735 g/mol. The Morgan fingerprint density at radius 3 is 2.35 bits per heavy atom. The van der Waals surface area contributed by atoms with Gasteiger partial charge in [-0.3, -0.25) is 9.78 Å². The molecule has 54 heavy (non-hydrogen) atoms.